The van der Waals surface area contributed by atoms with E-state index in [0.29, 0.717) is 30.9 Å². The van der Waals surface area contributed by atoms with Gasteiger partial charge in [0.15, 0.2) is 11.5 Å². The Hall–Kier alpha value is -2.28. The van der Waals surface area contributed by atoms with Gasteiger partial charge in [-0.1, -0.05) is 0 Å². The molecule has 2 aliphatic heterocycles. The van der Waals surface area contributed by atoms with Gasteiger partial charge in [-0.15, -0.1) is 0 Å². The Morgan fingerprint density at radius 1 is 1.20 bits per heavy atom. The van der Waals surface area contributed by atoms with Crippen molar-refractivity contribution in [1.29, 1.82) is 0 Å². The summed E-state index contributed by atoms with van der Waals surface area (Å²) in [7, 11) is 3.22. The van der Waals surface area contributed by atoms with Crippen LogP contribution in [-0.4, -0.2) is 44.0 Å². The highest BCUT2D eigenvalue weighted by molar-refractivity contribution is 5.87. The molecule has 2 amide bonds. The van der Waals surface area contributed by atoms with Gasteiger partial charge < -0.3 is 20.9 Å². The highest BCUT2D eigenvalue weighted by Gasteiger charge is 2.47. The van der Waals surface area contributed by atoms with Crippen LogP contribution >= 0.6 is 0 Å². The van der Waals surface area contributed by atoms with Gasteiger partial charge in [0.1, 0.15) is 0 Å². The Balaban J connectivity index is 2.01. The first-order valence-corrected chi connectivity index (χ1v) is 8.47. The number of methoxy groups -OCH3 is 2. The summed E-state index contributed by atoms with van der Waals surface area (Å²) in [6.07, 6.45) is 1.96. The second-order valence-corrected chi connectivity index (χ2v) is 6.95. The Morgan fingerprint density at radius 3 is 2.48 bits per heavy atom. The summed E-state index contributed by atoms with van der Waals surface area (Å²) < 4.78 is 10.8. The second kappa shape index (κ2) is 6.55. The summed E-state index contributed by atoms with van der Waals surface area (Å²) in [5, 5.41) is 0. The molecule has 1 aromatic rings. The first kappa shape index (κ1) is 17.5. The van der Waals surface area contributed by atoms with Crippen molar-refractivity contribution in [2.75, 3.05) is 27.3 Å². The zero-order chi connectivity index (χ0) is 18.2. The van der Waals surface area contributed by atoms with E-state index in [1.807, 2.05) is 12.1 Å². The molecule has 0 aromatic heterocycles. The lowest BCUT2D eigenvalue weighted by Gasteiger charge is -2.47. The number of rotatable bonds is 5. The predicted molar refractivity (Wildman–Crippen MR) is 92.2 cm³/mol. The fraction of sp³-hybridized carbons (Fsp3) is 0.556. The summed E-state index contributed by atoms with van der Waals surface area (Å²) in [6.45, 7) is 1.62. The van der Waals surface area contributed by atoms with Crippen molar-refractivity contribution in [1.82, 2.24) is 4.90 Å². The Kier molecular flexibility index (Phi) is 4.60. The van der Waals surface area contributed by atoms with Crippen LogP contribution in [-0.2, 0) is 16.0 Å². The number of carbonyl (C=O) groups is 2. The number of primary amides is 2. The van der Waals surface area contributed by atoms with E-state index in [9.17, 15) is 9.59 Å². The minimum Gasteiger partial charge on any atom is -0.493 e. The van der Waals surface area contributed by atoms with Crippen molar-refractivity contribution < 1.29 is 19.1 Å². The SMILES string of the molecule is COc1cc2c(cc1OC)[C@@H]1C[C@](CC(N)=O)(C(N)=O)CCN1CC2. The third-order valence-corrected chi connectivity index (χ3v) is 5.61. The molecule has 1 saturated heterocycles. The number of benzene rings is 1. The third-order valence-electron chi connectivity index (χ3n) is 5.61. The van der Waals surface area contributed by atoms with E-state index in [4.69, 9.17) is 20.9 Å². The smallest absolute Gasteiger partial charge is 0.224 e. The van der Waals surface area contributed by atoms with Gasteiger partial charge in [0.2, 0.25) is 11.8 Å². The van der Waals surface area contributed by atoms with E-state index in [-0.39, 0.29) is 12.5 Å². The van der Waals surface area contributed by atoms with Crippen molar-refractivity contribution in [3.05, 3.63) is 23.3 Å². The second-order valence-electron chi connectivity index (χ2n) is 6.95. The summed E-state index contributed by atoms with van der Waals surface area (Å²) in [5.41, 5.74) is 12.5. The molecule has 2 atom stereocenters. The van der Waals surface area contributed by atoms with Crippen LogP contribution in [0, 0.1) is 5.41 Å². The first-order valence-electron chi connectivity index (χ1n) is 8.47. The highest BCUT2D eigenvalue weighted by atomic mass is 16.5. The maximum atomic E-state index is 12.2. The Labute approximate surface area is 147 Å². The van der Waals surface area contributed by atoms with Gasteiger partial charge >= 0.3 is 0 Å². The summed E-state index contributed by atoms with van der Waals surface area (Å²) >= 11 is 0. The fourth-order valence-corrected chi connectivity index (χ4v) is 4.22. The van der Waals surface area contributed by atoms with Gasteiger partial charge in [-0.25, -0.2) is 0 Å². The molecule has 0 aliphatic carbocycles. The van der Waals surface area contributed by atoms with Gasteiger partial charge in [0, 0.05) is 19.0 Å². The number of amides is 2. The molecule has 3 rings (SSSR count). The molecule has 2 aliphatic rings. The van der Waals surface area contributed by atoms with Crippen LogP contribution in [0.5, 0.6) is 11.5 Å². The lowest BCUT2D eigenvalue weighted by atomic mass is 9.69. The van der Waals surface area contributed by atoms with Gasteiger partial charge in [-0.05, 0) is 49.1 Å². The summed E-state index contributed by atoms with van der Waals surface area (Å²) in [6, 6.07) is 4.00. The molecule has 1 aromatic carbocycles. The van der Waals surface area contributed by atoms with Crippen LogP contribution in [0.4, 0.5) is 0 Å². The molecule has 0 spiro atoms. The van der Waals surface area contributed by atoms with Gasteiger partial charge in [0.25, 0.3) is 0 Å². The summed E-state index contributed by atoms with van der Waals surface area (Å²) in [5.74, 6) is 0.422. The zero-order valence-electron chi connectivity index (χ0n) is 14.7. The lowest BCUT2D eigenvalue weighted by Crippen LogP contribution is -2.51. The average Bonchev–Trinajstić information content (AvgIpc) is 2.59. The zero-order valence-corrected chi connectivity index (χ0v) is 14.7. The van der Waals surface area contributed by atoms with E-state index in [0.717, 1.165) is 18.5 Å². The number of nitrogens with zero attached hydrogens (tertiary/aromatic N) is 1. The molecule has 1 fully saturated rings. The predicted octanol–water partition coefficient (Wildman–Crippen LogP) is 0.744. The monoisotopic (exact) mass is 347 g/mol. The Morgan fingerprint density at radius 2 is 1.88 bits per heavy atom. The van der Waals surface area contributed by atoms with Gasteiger partial charge in [0.05, 0.1) is 19.6 Å². The van der Waals surface area contributed by atoms with E-state index >= 15 is 0 Å². The molecular weight excluding hydrogens is 322 g/mol. The number of carbonyl (C=O) groups excluding carboxylic acids is 2. The van der Waals surface area contributed by atoms with Crippen molar-refractivity contribution in [3.63, 3.8) is 0 Å². The topological polar surface area (TPSA) is 108 Å². The van der Waals surface area contributed by atoms with E-state index in [1.165, 1.54) is 5.56 Å². The molecule has 0 radical (unpaired) electrons. The number of nitrogens with two attached hydrogens (primary N) is 2. The van der Waals surface area contributed by atoms with Crippen LogP contribution in [0.2, 0.25) is 0 Å². The summed E-state index contributed by atoms with van der Waals surface area (Å²) in [4.78, 5) is 26.0. The molecule has 0 saturated carbocycles. The number of piperidine rings is 1. The minimum absolute atomic E-state index is 0.00467. The number of fused-ring (bicyclic) bond motifs is 3. The van der Waals surface area contributed by atoms with Crippen molar-refractivity contribution in [2.24, 2.45) is 16.9 Å². The quantitative estimate of drug-likeness (QED) is 0.817. The number of hydrogen-bond donors (Lipinski definition) is 2. The normalized spacial score (nSPS) is 25.6. The average molecular weight is 347 g/mol. The van der Waals surface area contributed by atoms with Gasteiger partial charge in [-0.2, -0.15) is 0 Å². The van der Waals surface area contributed by atoms with Crippen molar-refractivity contribution in [2.45, 2.75) is 31.7 Å². The lowest BCUT2D eigenvalue weighted by molar-refractivity contribution is -0.137. The van der Waals surface area contributed by atoms with Crippen LogP contribution in [0.3, 0.4) is 0 Å². The van der Waals surface area contributed by atoms with Crippen LogP contribution in [0.1, 0.15) is 36.4 Å². The molecule has 4 N–H and O–H groups in total. The molecule has 0 unspecified atom stereocenters. The van der Waals surface area contributed by atoms with E-state index in [1.54, 1.807) is 14.2 Å². The molecule has 25 heavy (non-hydrogen) atoms. The molecule has 0 bridgehead atoms. The van der Waals surface area contributed by atoms with E-state index in [2.05, 4.69) is 4.90 Å². The Bertz CT molecular complexity index is 706. The third kappa shape index (κ3) is 3.04. The maximum absolute atomic E-state index is 12.2. The largest absolute Gasteiger partial charge is 0.493 e. The fourth-order valence-electron chi connectivity index (χ4n) is 4.22. The van der Waals surface area contributed by atoms with Crippen molar-refractivity contribution >= 4 is 11.8 Å². The van der Waals surface area contributed by atoms with Crippen LogP contribution in [0.15, 0.2) is 12.1 Å². The molecule has 136 valence electrons. The molecule has 2 heterocycles. The molecular formula is C18H25N3O4. The van der Waals surface area contributed by atoms with Crippen LogP contribution < -0.4 is 20.9 Å². The number of ether oxygens (including phenoxy) is 2. The maximum Gasteiger partial charge on any atom is 0.224 e. The highest BCUT2D eigenvalue weighted by Crippen LogP contribution is 2.48. The van der Waals surface area contributed by atoms with Crippen molar-refractivity contribution in [3.8, 4) is 11.5 Å². The number of hydrogen-bond acceptors (Lipinski definition) is 5. The van der Waals surface area contributed by atoms with Crippen LogP contribution in [0.25, 0.3) is 0 Å². The van der Waals surface area contributed by atoms with Gasteiger partial charge in [-0.3, -0.25) is 14.5 Å². The first-order chi connectivity index (χ1) is 11.9. The minimum atomic E-state index is -0.880. The molecule has 7 heteroatoms. The van der Waals surface area contributed by atoms with E-state index < -0.39 is 17.2 Å². The molecule has 7 nitrogen and oxygen atoms in total. The standard InChI is InChI=1S/C18H25N3O4/c1-24-14-7-11-3-5-21-6-4-18(17(20)23,10-16(19)22)9-13(21)12(11)8-15(14)25-2/h7-8,13H,3-6,9-10H2,1-2H3,(H2,19,22)(H2,20,23)/t13-,18+/m0/s1.